The molecule has 6 heteroatoms. The summed E-state index contributed by atoms with van der Waals surface area (Å²) in [5.74, 6) is -0.454. The van der Waals surface area contributed by atoms with Gasteiger partial charge in [-0.3, -0.25) is 9.59 Å². The molecule has 1 fully saturated rings. The number of hydrogen-bond donors (Lipinski definition) is 3. The van der Waals surface area contributed by atoms with E-state index in [1.165, 1.54) is 5.56 Å². The number of aryl methyl sites for hydroxylation is 1. The maximum Gasteiger partial charge on any atom is 0.305 e. The van der Waals surface area contributed by atoms with Gasteiger partial charge in [0.2, 0.25) is 5.91 Å². The van der Waals surface area contributed by atoms with Crippen molar-refractivity contribution in [3.8, 4) is 0 Å². The zero-order valence-electron chi connectivity index (χ0n) is 20.6. The Morgan fingerprint density at radius 1 is 1.21 bits per heavy atom. The van der Waals surface area contributed by atoms with Crippen molar-refractivity contribution in [2.75, 3.05) is 6.54 Å². The van der Waals surface area contributed by atoms with Gasteiger partial charge in [0.05, 0.1) is 12.2 Å². The molecule has 1 saturated carbocycles. The predicted octanol–water partition coefficient (Wildman–Crippen LogP) is 4.11. The maximum atomic E-state index is 11.9. The van der Waals surface area contributed by atoms with E-state index >= 15 is 0 Å². The van der Waals surface area contributed by atoms with Crippen LogP contribution in [0.2, 0.25) is 0 Å². The molecule has 0 spiro atoms. The standard InChI is InChI=1S/C28H41NO5/c1-3-28(33)34-26-20-25(31)23(14-10-5-6-11-15-27(32)29-4-2)24(26)19-18-22(30)17-16-21-12-8-7-9-13-21/h5,7-10,12-13,18-19,22-26,30-31H,3-4,6,11,14-17,20H2,1-2H3,(H,29,32)/t22-,23+,24+,25-,26+/m0/s1. The molecule has 0 aromatic heterocycles. The Morgan fingerprint density at radius 2 is 1.97 bits per heavy atom. The summed E-state index contributed by atoms with van der Waals surface area (Å²) in [6.45, 7) is 4.31. The quantitative estimate of drug-likeness (QED) is 0.216. The highest BCUT2D eigenvalue weighted by molar-refractivity contribution is 5.75. The van der Waals surface area contributed by atoms with E-state index in [1.807, 2.05) is 55.5 Å². The van der Waals surface area contributed by atoms with Gasteiger partial charge in [0.15, 0.2) is 0 Å². The number of esters is 1. The highest BCUT2D eigenvalue weighted by atomic mass is 16.5. The lowest BCUT2D eigenvalue weighted by Crippen LogP contribution is -2.24. The normalized spacial score (nSPS) is 23.4. The molecule has 0 saturated heterocycles. The second-order valence-corrected chi connectivity index (χ2v) is 8.96. The average Bonchev–Trinajstić information content (AvgIpc) is 3.12. The summed E-state index contributed by atoms with van der Waals surface area (Å²) in [6, 6.07) is 10.0. The first kappa shape index (κ1) is 27.8. The van der Waals surface area contributed by atoms with E-state index in [9.17, 15) is 19.8 Å². The molecule has 1 amide bonds. The summed E-state index contributed by atoms with van der Waals surface area (Å²) in [7, 11) is 0. The van der Waals surface area contributed by atoms with Crippen LogP contribution in [0.15, 0.2) is 54.6 Å². The SMILES string of the molecule is CCNC(=O)CCCC=CC[C@@H]1[C@@H](C=C[C@@H](O)CCc2ccccc2)[C@H](OC(=O)CC)C[C@@H]1O. The fourth-order valence-electron chi connectivity index (χ4n) is 4.41. The molecule has 0 aliphatic heterocycles. The first-order valence-corrected chi connectivity index (χ1v) is 12.6. The second-order valence-electron chi connectivity index (χ2n) is 8.96. The zero-order valence-corrected chi connectivity index (χ0v) is 20.6. The van der Waals surface area contributed by atoms with Crippen molar-refractivity contribution in [1.29, 1.82) is 0 Å². The first-order chi connectivity index (χ1) is 16.4. The number of nitrogens with one attached hydrogen (secondary N) is 1. The predicted molar refractivity (Wildman–Crippen MR) is 134 cm³/mol. The van der Waals surface area contributed by atoms with E-state index in [1.54, 1.807) is 13.0 Å². The van der Waals surface area contributed by atoms with E-state index in [0.717, 1.165) is 19.3 Å². The van der Waals surface area contributed by atoms with Crippen LogP contribution in [-0.2, 0) is 20.7 Å². The van der Waals surface area contributed by atoms with Gasteiger partial charge in [-0.15, -0.1) is 0 Å². The number of amides is 1. The van der Waals surface area contributed by atoms with Crippen LogP contribution in [0.4, 0.5) is 0 Å². The van der Waals surface area contributed by atoms with Crippen LogP contribution in [0, 0.1) is 11.8 Å². The van der Waals surface area contributed by atoms with Crippen molar-refractivity contribution in [3.63, 3.8) is 0 Å². The number of allylic oxidation sites excluding steroid dienone is 2. The number of rotatable bonds is 14. The number of unbranched alkanes of at least 4 members (excludes halogenated alkanes) is 1. The fourth-order valence-corrected chi connectivity index (χ4v) is 4.41. The molecular weight excluding hydrogens is 430 g/mol. The molecule has 1 aliphatic carbocycles. The number of aliphatic hydroxyl groups is 2. The number of carbonyl (C=O) groups excluding carboxylic acids is 2. The summed E-state index contributed by atoms with van der Waals surface area (Å²) in [4.78, 5) is 23.5. The Labute approximate surface area is 204 Å². The number of ether oxygens (including phenoxy) is 1. The van der Waals surface area contributed by atoms with E-state index in [0.29, 0.717) is 38.6 Å². The molecular formula is C28H41NO5. The van der Waals surface area contributed by atoms with Gasteiger partial charge in [0, 0.05) is 31.7 Å². The van der Waals surface area contributed by atoms with Gasteiger partial charge in [0.1, 0.15) is 6.10 Å². The molecule has 0 bridgehead atoms. The highest BCUT2D eigenvalue weighted by Gasteiger charge is 2.42. The molecule has 0 heterocycles. The molecule has 34 heavy (non-hydrogen) atoms. The van der Waals surface area contributed by atoms with Crippen molar-refractivity contribution in [1.82, 2.24) is 5.32 Å². The number of aliphatic hydroxyl groups excluding tert-OH is 2. The van der Waals surface area contributed by atoms with Gasteiger partial charge in [-0.25, -0.2) is 0 Å². The molecule has 0 radical (unpaired) electrons. The third-order valence-electron chi connectivity index (χ3n) is 6.31. The van der Waals surface area contributed by atoms with Gasteiger partial charge >= 0.3 is 5.97 Å². The lowest BCUT2D eigenvalue weighted by molar-refractivity contribution is -0.150. The Bertz CT molecular complexity index is 791. The summed E-state index contributed by atoms with van der Waals surface area (Å²) in [6.07, 6.45) is 11.0. The number of carbonyl (C=O) groups is 2. The third-order valence-corrected chi connectivity index (χ3v) is 6.31. The minimum absolute atomic E-state index is 0.0683. The Morgan fingerprint density at radius 3 is 2.68 bits per heavy atom. The van der Waals surface area contributed by atoms with Crippen molar-refractivity contribution < 1.29 is 24.5 Å². The van der Waals surface area contributed by atoms with Crippen molar-refractivity contribution in [3.05, 3.63) is 60.2 Å². The Kier molecular flexibility index (Phi) is 12.6. The smallest absolute Gasteiger partial charge is 0.305 e. The van der Waals surface area contributed by atoms with Crippen LogP contribution in [-0.4, -0.2) is 46.9 Å². The van der Waals surface area contributed by atoms with Gasteiger partial charge in [0.25, 0.3) is 0 Å². The molecule has 188 valence electrons. The summed E-state index contributed by atoms with van der Waals surface area (Å²) < 4.78 is 5.63. The average molecular weight is 472 g/mol. The van der Waals surface area contributed by atoms with Crippen LogP contribution in [0.25, 0.3) is 0 Å². The molecule has 6 nitrogen and oxygen atoms in total. The first-order valence-electron chi connectivity index (χ1n) is 12.6. The summed E-state index contributed by atoms with van der Waals surface area (Å²) in [5, 5.41) is 24.0. The van der Waals surface area contributed by atoms with Crippen molar-refractivity contribution in [2.24, 2.45) is 11.8 Å². The van der Waals surface area contributed by atoms with Gasteiger partial charge in [-0.1, -0.05) is 61.6 Å². The lowest BCUT2D eigenvalue weighted by atomic mass is 9.89. The highest BCUT2D eigenvalue weighted by Crippen LogP contribution is 2.38. The minimum atomic E-state index is -0.606. The lowest BCUT2D eigenvalue weighted by Gasteiger charge is -2.22. The second kappa shape index (κ2) is 15.5. The Balaban J connectivity index is 1.94. The van der Waals surface area contributed by atoms with Gasteiger partial charge in [-0.05, 0) is 50.5 Å². The maximum absolute atomic E-state index is 11.9. The summed E-state index contributed by atoms with van der Waals surface area (Å²) in [5.41, 5.74) is 1.18. The fraction of sp³-hybridized carbons (Fsp3) is 0.571. The number of hydrogen-bond acceptors (Lipinski definition) is 5. The molecule has 3 N–H and O–H groups in total. The molecule has 5 atom stereocenters. The number of benzene rings is 1. The largest absolute Gasteiger partial charge is 0.462 e. The minimum Gasteiger partial charge on any atom is -0.462 e. The molecule has 1 aromatic rings. The molecule has 2 rings (SSSR count). The molecule has 1 aliphatic rings. The van der Waals surface area contributed by atoms with Crippen LogP contribution >= 0.6 is 0 Å². The van der Waals surface area contributed by atoms with Crippen molar-refractivity contribution in [2.45, 2.75) is 83.5 Å². The van der Waals surface area contributed by atoms with Crippen LogP contribution in [0.5, 0.6) is 0 Å². The molecule has 1 aromatic carbocycles. The monoisotopic (exact) mass is 471 g/mol. The van der Waals surface area contributed by atoms with E-state index < -0.39 is 18.3 Å². The zero-order chi connectivity index (χ0) is 24.8. The van der Waals surface area contributed by atoms with E-state index in [2.05, 4.69) is 5.32 Å². The molecule has 0 unspecified atom stereocenters. The van der Waals surface area contributed by atoms with Gasteiger partial charge in [-0.2, -0.15) is 0 Å². The van der Waals surface area contributed by atoms with Crippen molar-refractivity contribution >= 4 is 11.9 Å². The van der Waals surface area contributed by atoms with Crippen LogP contribution in [0.1, 0.15) is 64.4 Å². The van der Waals surface area contributed by atoms with E-state index in [-0.39, 0.29) is 23.7 Å². The topological polar surface area (TPSA) is 95.9 Å². The summed E-state index contributed by atoms with van der Waals surface area (Å²) >= 11 is 0. The van der Waals surface area contributed by atoms with Crippen LogP contribution in [0.3, 0.4) is 0 Å². The Hall–Kier alpha value is -2.44. The van der Waals surface area contributed by atoms with Gasteiger partial charge < -0.3 is 20.3 Å². The third kappa shape index (κ3) is 9.82. The van der Waals surface area contributed by atoms with Crippen LogP contribution < -0.4 is 5.32 Å². The van der Waals surface area contributed by atoms with E-state index in [4.69, 9.17) is 4.74 Å².